The van der Waals surface area contributed by atoms with E-state index < -0.39 is 24.2 Å². The molecule has 1 aliphatic heterocycles. The molecule has 0 bridgehead atoms. The van der Waals surface area contributed by atoms with Gasteiger partial charge in [-0.3, -0.25) is 4.90 Å². The van der Waals surface area contributed by atoms with Crippen molar-refractivity contribution in [3.8, 4) is 5.75 Å². The molecule has 1 unspecified atom stereocenters. The number of nitrogens with zero attached hydrogens (tertiary/aromatic N) is 1. The Hall–Kier alpha value is -2.22. The van der Waals surface area contributed by atoms with Crippen LogP contribution in [0.5, 0.6) is 5.75 Å². The van der Waals surface area contributed by atoms with Crippen molar-refractivity contribution in [2.24, 2.45) is 0 Å². The first-order valence-electron chi connectivity index (χ1n) is 6.92. The zero-order chi connectivity index (χ0) is 17.0. The molecule has 7 nitrogen and oxygen atoms in total. The van der Waals surface area contributed by atoms with Gasteiger partial charge in [0.05, 0.1) is 17.8 Å². The first kappa shape index (κ1) is 17.1. The zero-order valence-electron chi connectivity index (χ0n) is 12.3. The summed E-state index contributed by atoms with van der Waals surface area (Å²) in [6.45, 7) is 0.316. The molecule has 1 saturated heterocycles. The number of carbonyl (C=O) groups is 2. The van der Waals surface area contributed by atoms with Gasteiger partial charge in [-0.25, -0.2) is 14.0 Å². The maximum atomic E-state index is 13.9. The van der Waals surface area contributed by atoms with Gasteiger partial charge in [0.15, 0.2) is 6.23 Å². The lowest BCUT2D eigenvalue weighted by Gasteiger charge is -2.34. The van der Waals surface area contributed by atoms with Crippen LogP contribution in [0.2, 0.25) is 5.02 Å². The van der Waals surface area contributed by atoms with Crippen molar-refractivity contribution in [3.05, 3.63) is 23.0 Å². The molecule has 23 heavy (non-hydrogen) atoms. The number of halogens is 2. The minimum absolute atomic E-state index is 0.0769. The Kier molecular flexibility index (Phi) is 5.49. The number of rotatable bonds is 3. The molecular formula is C14H16ClFN2O5. The minimum Gasteiger partial charge on any atom is -0.495 e. The Labute approximate surface area is 136 Å². The number of likely N-dealkylation sites (tertiary alicyclic amines) is 1. The van der Waals surface area contributed by atoms with E-state index in [0.29, 0.717) is 19.4 Å². The monoisotopic (exact) mass is 346 g/mol. The first-order valence-corrected chi connectivity index (χ1v) is 7.30. The number of hydrogen-bond donors (Lipinski definition) is 2. The van der Waals surface area contributed by atoms with E-state index in [-0.39, 0.29) is 16.5 Å². The van der Waals surface area contributed by atoms with Gasteiger partial charge < -0.3 is 19.9 Å². The summed E-state index contributed by atoms with van der Waals surface area (Å²) in [5.41, 5.74) is -0.115. The molecule has 0 aromatic heterocycles. The SMILES string of the molecule is COc1cc(NC(=O)N2CCCCC2OC(=O)O)c(F)cc1Cl. The summed E-state index contributed by atoms with van der Waals surface area (Å²) in [4.78, 5) is 24.2. The zero-order valence-corrected chi connectivity index (χ0v) is 13.1. The summed E-state index contributed by atoms with van der Waals surface area (Å²) < 4.78 is 23.6. The summed E-state index contributed by atoms with van der Waals surface area (Å²) in [5.74, 6) is -0.516. The summed E-state index contributed by atoms with van der Waals surface area (Å²) in [6.07, 6.45) is -0.511. The predicted molar refractivity (Wildman–Crippen MR) is 80.4 cm³/mol. The number of amides is 2. The molecule has 2 amide bonds. The van der Waals surface area contributed by atoms with Gasteiger partial charge in [-0.15, -0.1) is 0 Å². The van der Waals surface area contributed by atoms with Crippen LogP contribution in [-0.4, -0.2) is 42.1 Å². The number of carboxylic acid groups (broad SMARTS) is 1. The van der Waals surface area contributed by atoms with E-state index in [4.69, 9.17) is 26.2 Å². The molecule has 126 valence electrons. The molecule has 1 heterocycles. The number of hydrogen-bond acceptors (Lipinski definition) is 4. The Morgan fingerprint density at radius 2 is 2.17 bits per heavy atom. The second-order valence-electron chi connectivity index (χ2n) is 4.92. The number of anilines is 1. The first-order chi connectivity index (χ1) is 10.9. The van der Waals surface area contributed by atoms with Gasteiger partial charge in [-0.05, 0) is 18.9 Å². The maximum absolute atomic E-state index is 13.9. The Morgan fingerprint density at radius 1 is 1.43 bits per heavy atom. The molecule has 1 aromatic carbocycles. The third kappa shape index (κ3) is 4.16. The van der Waals surface area contributed by atoms with Crippen LogP contribution in [0, 0.1) is 5.82 Å². The standard InChI is InChI=1S/C14H16ClFN2O5/c1-22-11-7-10(9(16)6-8(11)15)17-13(19)18-5-3-2-4-12(18)23-14(20)21/h6-7,12H,2-5H2,1H3,(H,17,19)(H,20,21). The van der Waals surface area contributed by atoms with E-state index in [9.17, 15) is 14.0 Å². The number of benzene rings is 1. The van der Waals surface area contributed by atoms with Crippen LogP contribution in [0.4, 0.5) is 19.7 Å². The molecule has 1 fully saturated rings. The number of ether oxygens (including phenoxy) is 2. The number of methoxy groups -OCH3 is 1. The average Bonchev–Trinajstić information content (AvgIpc) is 2.49. The number of urea groups is 1. The lowest BCUT2D eigenvalue weighted by Crippen LogP contribution is -2.47. The smallest absolute Gasteiger partial charge is 0.495 e. The maximum Gasteiger partial charge on any atom is 0.507 e. The fourth-order valence-electron chi connectivity index (χ4n) is 2.34. The number of piperidine rings is 1. The highest BCUT2D eigenvalue weighted by molar-refractivity contribution is 6.32. The highest BCUT2D eigenvalue weighted by atomic mass is 35.5. The molecular weight excluding hydrogens is 331 g/mol. The molecule has 0 saturated carbocycles. The topological polar surface area (TPSA) is 88.1 Å². The molecule has 0 radical (unpaired) electrons. The Balaban J connectivity index is 2.15. The minimum atomic E-state index is -1.46. The van der Waals surface area contributed by atoms with E-state index >= 15 is 0 Å². The summed E-state index contributed by atoms with van der Waals surface area (Å²) in [7, 11) is 1.37. The third-order valence-corrected chi connectivity index (χ3v) is 3.72. The normalized spacial score (nSPS) is 17.5. The van der Waals surface area contributed by atoms with Gasteiger partial charge in [0.25, 0.3) is 0 Å². The van der Waals surface area contributed by atoms with Gasteiger partial charge in [0, 0.05) is 19.0 Å². The summed E-state index contributed by atoms with van der Waals surface area (Å²) in [5, 5.41) is 11.2. The lowest BCUT2D eigenvalue weighted by molar-refractivity contribution is -0.0312. The van der Waals surface area contributed by atoms with Crippen molar-refractivity contribution in [1.29, 1.82) is 0 Å². The van der Waals surface area contributed by atoms with Crippen LogP contribution in [-0.2, 0) is 4.74 Å². The lowest BCUT2D eigenvalue weighted by atomic mass is 10.1. The average molecular weight is 347 g/mol. The molecule has 9 heteroatoms. The number of nitrogens with one attached hydrogen (secondary N) is 1. The van der Waals surface area contributed by atoms with E-state index in [1.165, 1.54) is 18.1 Å². The van der Waals surface area contributed by atoms with Crippen molar-refractivity contribution >= 4 is 29.5 Å². The van der Waals surface area contributed by atoms with E-state index in [0.717, 1.165) is 12.5 Å². The molecule has 1 aromatic rings. The fourth-order valence-corrected chi connectivity index (χ4v) is 2.57. The Morgan fingerprint density at radius 3 is 2.83 bits per heavy atom. The van der Waals surface area contributed by atoms with Crippen molar-refractivity contribution in [1.82, 2.24) is 4.90 Å². The highest BCUT2D eigenvalue weighted by Crippen LogP contribution is 2.30. The van der Waals surface area contributed by atoms with Crippen molar-refractivity contribution in [2.75, 3.05) is 19.0 Å². The van der Waals surface area contributed by atoms with Gasteiger partial charge >= 0.3 is 12.2 Å². The largest absolute Gasteiger partial charge is 0.507 e. The van der Waals surface area contributed by atoms with E-state index in [1.807, 2.05) is 0 Å². The van der Waals surface area contributed by atoms with Crippen molar-refractivity contribution in [2.45, 2.75) is 25.5 Å². The summed E-state index contributed by atoms with van der Waals surface area (Å²) >= 11 is 5.79. The summed E-state index contributed by atoms with van der Waals surface area (Å²) in [6, 6.07) is 1.63. The van der Waals surface area contributed by atoms with Gasteiger partial charge in [-0.1, -0.05) is 11.6 Å². The Bertz CT molecular complexity index is 613. The van der Waals surface area contributed by atoms with E-state index in [2.05, 4.69) is 5.32 Å². The van der Waals surface area contributed by atoms with Gasteiger partial charge in [0.1, 0.15) is 11.6 Å². The second-order valence-corrected chi connectivity index (χ2v) is 5.33. The van der Waals surface area contributed by atoms with Crippen molar-refractivity contribution in [3.63, 3.8) is 0 Å². The molecule has 0 aliphatic carbocycles. The predicted octanol–water partition coefficient (Wildman–Crippen LogP) is 3.53. The molecule has 1 atom stereocenters. The quantitative estimate of drug-likeness (QED) is 0.817. The van der Waals surface area contributed by atoms with Crippen LogP contribution in [0.25, 0.3) is 0 Å². The van der Waals surface area contributed by atoms with Crippen molar-refractivity contribution < 1.29 is 28.6 Å². The van der Waals surface area contributed by atoms with Crippen LogP contribution < -0.4 is 10.1 Å². The third-order valence-electron chi connectivity index (χ3n) is 3.43. The molecule has 2 N–H and O–H groups in total. The van der Waals surface area contributed by atoms with E-state index in [1.54, 1.807) is 0 Å². The second kappa shape index (κ2) is 7.36. The highest BCUT2D eigenvalue weighted by Gasteiger charge is 2.30. The van der Waals surface area contributed by atoms with Crippen LogP contribution >= 0.6 is 11.6 Å². The molecule has 0 spiro atoms. The van der Waals surface area contributed by atoms with Gasteiger partial charge in [-0.2, -0.15) is 0 Å². The van der Waals surface area contributed by atoms with Gasteiger partial charge in [0.2, 0.25) is 0 Å². The molecule has 2 rings (SSSR count). The molecule has 1 aliphatic rings. The van der Waals surface area contributed by atoms with Crippen LogP contribution in [0.1, 0.15) is 19.3 Å². The van der Waals surface area contributed by atoms with Crippen LogP contribution in [0.3, 0.4) is 0 Å². The fraction of sp³-hybridized carbons (Fsp3) is 0.429. The number of carbonyl (C=O) groups excluding carboxylic acids is 1. The van der Waals surface area contributed by atoms with Crippen LogP contribution in [0.15, 0.2) is 12.1 Å².